The molecule has 0 saturated carbocycles. The van der Waals surface area contributed by atoms with Crippen molar-refractivity contribution in [2.24, 2.45) is 0 Å². The van der Waals surface area contributed by atoms with Crippen LogP contribution in [0.15, 0.2) is 66.7 Å². The number of nitrogens with zero attached hydrogens (tertiary/aromatic N) is 3. The fraction of sp³-hybridized carbons (Fsp3) is 0.0870. The van der Waals surface area contributed by atoms with E-state index in [0.717, 1.165) is 11.1 Å². The Morgan fingerprint density at radius 3 is 2.48 bits per heavy atom. The molecule has 0 aliphatic rings. The van der Waals surface area contributed by atoms with E-state index in [2.05, 4.69) is 15.4 Å². The van der Waals surface area contributed by atoms with Gasteiger partial charge < -0.3 is 10.1 Å². The summed E-state index contributed by atoms with van der Waals surface area (Å²) in [6.45, 7) is 1.92. The largest absolute Gasteiger partial charge is 0.497 e. The fourth-order valence-electron chi connectivity index (χ4n) is 2.98. The molecule has 1 N–H and O–H groups in total. The number of amides is 1. The van der Waals surface area contributed by atoms with Crippen molar-refractivity contribution in [2.75, 3.05) is 12.4 Å². The number of hydrogen-bond donors (Lipinski definition) is 1. The third kappa shape index (κ3) is 4.55. The number of ether oxygens (including phenoxy) is 1. The first-order valence-electron chi connectivity index (χ1n) is 9.39. The lowest BCUT2D eigenvalue weighted by molar-refractivity contribution is 0.101. The average molecular weight is 453 g/mol. The fourth-order valence-corrected chi connectivity index (χ4v) is 3.34. The van der Waals surface area contributed by atoms with Crippen molar-refractivity contribution in [3.05, 3.63) is 88.2 Å². The second-order valence-electron chi connectivity index (χ2n) is 6.80. The monoisotopic (exact) mass is 452 g/mol. The van der Waals surface area contributed by atoms with Crippen LogP contribution in [-0.2, 0) is 0 Å². The minimum absolute atomic E-state index is 0.0162. The molecule has 8 heteroatoms. The van der Waals surface area contributed by atoms with Crippen molar-refractivity contribution in [1.82, 2.24) is 14.8 Å². The lowest BCUT2D eigenvalue weighted by Gasteiger charge is -2.08. The SMILES string of the molecule is COc1ccc(NC(=O)c2nc(-c3cccc(Cl)c3)n(-c3ccc(C)c(Cl)c3)n2)cc1. The summed E-state index contributed by atoms with van der Waals surface area (Å²) in [6.07, 6.45) is 0. The van der Waals surface area contributed by atoms with Gasteiger partial charge in [0, 0.05) is 21.3 Å². The number of methoxy groups -OCH3 is 1. The molecule has 1 amide bonds. The lowest BCUT2D eigenvalue weighted by atomic mass is 10.2. The maximum Gasteiger partial charge on any atom is 0.295 e. The smallest absolute Gasteiger partial charge is 0.295 e. The minimum atomic E-state index is -0.439. The molecule has 3 aromatic carbocycles. The van der Waals surface area contributed by atoms with Crippen LogP contribution in [0.3, 0.4) is 0 Å². The highest BCUT2D eigenvalue weighted by atomic mass is 35.5. The molecular formula is C23H18Cl2N4O2. The van der Waals surface area contributed by atoms with Gasteiger partial charge in [-0.05, 0) is 61.0 Å². The first-order valence-corrected chi connectivity index (χ1v) is 10.1. The van der Waals surface area contributed by atoms with E-state index in [1.54, 1.807) is 54.3 Å². The van der Waals surface area contributed by atoms with Crippen molar-refractivity contribution in [3.8, 4) is 22.8 Å². The number of anilines is 1. The summed E-state index contributed by atoms with van der Waals surface area (Å²) in [5.74, 6) is 0.745. The van der Waals surface area contributed by atoms with Gasteiger partial charge in [-0.25, -0.2) is 9.67 Å². The predicted octanol–water partition coefficient (Wildman–Crippen LogP) is 5.81. The second-order valence-corrected chi connectivity index (χ2v) is 7.64. The number of nitrogens with one attached hydrogen (secondary N) is 1. The number of carbonyl (C=O) groups is 1. The minimum Gasteiger partial charge on any atom is -0.497 e. The van der Waals surface area contributed by atoms with Gasteiger partial charge in [0.2, 0.25) is 5.82 Å². The third-order valence-corrected chi connectivity index (χ3v) is 5.28. The number of aromatic nitrogens is 3. The Labute approximate surface area is 189 Å². The molecule has 0 fully saturated rings. The Hall–Kier alpha value is -3.35. The Morgan fingerprint density at radius 2 is 1.81 bits per heavy atom. The van der Waals surface area contributed by atoms with Gasteiger partial charge in [-0.2, -0.15) is 0 Å². The van der Waals surface area contributed by atoms with Gasteiger partial charge in [0.15, 0.2) is 5.82 Å². The van der Waals surface area contributed by atoms with E-state index in [-0.39, 0.29) is 5.82 Å². The molecule has 0 bridgehead atoms. The van der Waals surface area contributed by atoms with Crippen molar-refractivity contribution in [2.45, 2.75) is 6.92 Å². The highest BCUT2D eigenvalue weighted by Gasteiger charge is 2.19. The lowest BCUT2D eigenvalue weighted by Crippen LogP contribution is -2.14. The highest BCUT2D eigenvalue weighted by molar-refractivity contribution is 6.31. The molecule has 4 rings (SSSR count). The molecule has 0 aliphatic carbocycles. The van der Waals surface area contributed by atoms with Gasteiger partial charge in [-0.15, -0.1) is 5.10 Å². The zero-order chi connectivity index (χ0) is 22.0. The van der Waals surface area contributed by atoms with Crippen LogP contribution in [0.1, 0.15) is 16.2 Å². The number of aryl methyl sites for hydroxylation is 1. The summed E-state index contributed by atoms with van der Waals surface area (Å²) in [6, 6.07) is 19.7. The summed E-state index contributed by atoms with van der Waals surface area (Å²) in [7, 11) is 1.58. The topological polar surface area (TPSA) is 69.0 Å². The van der Waals surface area contributed by atoms with Crippen molar-refractivity contribution >= 4 is 34.8 Å². The van der Waals surface area contributed by atoms with Crippen molar-refractivity contribution in [1.29, 1.82) is 0 Å². The molecule has 1 heterocycles. The molecule has 0 radical (unpaired) electrons. The van der Waals surface area contributed by atoms with E-state index < -0.39 is 5.91 Å². The maximum atomic E-state index is 12.9. The Balaban J connectivity index is 1.74. The van der Waals surface area contributed by atoms with E-state index in [0.29, 0.717) is 33.0 Å². The molecule has 0 aliphatic heterocycles. The van der Waals surface area contributed by atoms with Crippen LogP contribution in [0.2, 0.25) is 10.0 Å². The third-order valence-electron chi connectivity index (χ3n) is 4.64. The number of benzene rings is 3. The highest BCUT2D eigenvalue weighted by Crippen LogP contribution is 2.26. The van der Waals surface area contributed by atoms with Crippen molar-refractivity contribution in [3.63, 3.8) is 0 Å². The first-order chi connectivity index (χ1) is 14.9. The molecule has 31 heavy (non-hydrogen) atoms. The van der Waals surface area contributed by atoms with E-state index in [4.69, 9.17) is 27.9 Å². The summed E-state index contributed by atoms with van der Waals surface area (Å²) in [5.41, 5.74) is 2.94. The molecule has 0 atom stereocenters. The normalized spacial score (nSPS) is 10.7. The van der Waals surface area contributed by atoms with E-state index in [9.17, 15) is 4.79 Å². The molecule has 4 aromatic rings. The molecule has 6 nitrogen and oxygen atoms in total. The van der Waals surface area contributed by atoms with Crippen LogP contribution in [0.5, 0.6) is 5.75 Å². The van der Waals surface area contributed by atoms with Crippen molar-refractivity contribution < 1.29 is 9.53 Å². The molecular weight excluding hydrogens is 435 g/mol. The molecule has 0 saturated heterocycles. The number of carbonyl (C=O) groups excluding carboxylic acids is 1. The Morgan fingerprint density at radius 1 is 1.03 bits per heavy atom. The van der Waals surface area contributed by atoms with Crippen LogP contribution < -0.4 is 10.1 Å². The summed E-state index contributed by atoms with van der Waals surface area (Å²) in [4.78, 5) is 17.3. The van der Waals surface area contributed by atoms with Gasteiger partial charge in [0.05, 0.1) is 12.8 Å². The summed E-state index contributed by atoms with van der Waals surface area (Å²) >= 11 is 12.5. The molecule has 0 spiro atoms. The average Bonchev–Trinajstić information content (AvgIpc) is 3.22. The predicted molar refractivity (Wildman–Crippen MR) is 122 cm³/mol. The zero-order valence-electron chi connectivity index (χ0n) is 16.8. The zero-order valence-corrected chi connectivity index (χ0v) is 18.3. The van der Waals surface area contributed by atoms with Crippen LogP contribution in [0, 0.1) is 6.92 Å². The van der Waals surface area contributed by atoms with E-state index >= 15 is 0 Å². The molecule has 0 unspecified atom stereocenters. The van der Waals surface area contributed by atoms with Gasteiger partial charge in [-0.3, -0.25) is 4.79 Å². The van der Waals surface area contributed by atoms with Crippen LogP contribution in [0.4, 0.5) is 5.69 Å². The van der Waals surface area contributed by atoms with Crippen LogP contribution in [0.25, 0.3) is 17.1 Å². The van der Waals surface area contributed by atoms with Crippen LogP contribution >= 0.6 is 23.2 Å². The first kappa shape index (κ1) is 20.9. The standard InChI is InChI=1S/C23H18Cl2N4O2/c1-14-6-9-18(13-20(14)25)29-22(15-4-3-5-16(24)12-15)27-21(28-29)23(30)26-17-7-10-19(31-2)11-8-17/h3-13H,1-2H3,(H,26,30). The quantitative estimate of drug-likeness (QED) is 0.414. The van der Waals surface area contributed by atoms with Gasteiger partial charge in [-0.1, -0.05) is 41.4 Å². The van der Waals surface area contributed by atoms with Gasteiger partial charge >= 0.3 is 0 Å². The number of rotatable bonds is 5. The number of halogens is 2. The van der Waals surface area contributed by atoms with Crippen LogP contribution in [-0.4, -0.2) is 27.8 Å². The second kappa shape index (κ2) is 8.79. The van der Waals surface area contributed by atoms with E-state index in [1.165, 1.54) is 0 Å². The summed E-state index contributed by atoms with van der Waals surface area (Å²) < 4.78 is 6.72. The van der Waals surface area contributed by atoms with Gasteiger partial charge in [0.25, 0.3) is 5.91 Å². The maximum absolute atomic E-state index is 12.9. The summed E-state index contributed by atoms with van der Waals surface area (Å²) in [5, 5.41) is 8.40. The number of hydrogen-bond acceptors (Lipinski definition) is 4. The molecule has 1 aromatic heterocycles. The Kier molecular flexibility index (Phi) is 5.93. The van der Waals surface area contributed by atoms with Gasteiger partial charge in [0.1, 0.15) is 5.75 Å². The Bertz CT molecular complexity index is 1250. The van der Waals surface area contributed by atoms with E-state index in [1.807, 2.05) is 31.2 Å². The molecule has 156 valence electrons.